The van der Waals surface area contributed by atoms with Gasteiger partial charge in [0.05, 0.1) is 40.1 Å². The van der Waals surface area contributed by atoms with Crippen LogP contribution in [0.25, 0.3) is 0 Å². The van der Waals surface area contributed by atoms with E-state index in [2.05, 4.69) is 11.0 Å². The molecular weight excluding hydrogens is 460 g/mol. The summed E-state index contributed by atoms with van der Waals surface area (Å²) in [6.45, 7) is 5.45. The number of nitrogens with zero attached hydrogens (tertiary/aromatic N) is 2. The molecule has 0 radical (unpaired) electrons. The second kappa shape index (κ2) is 15.4. The van der Waals surface area contributed by atoms with Crippen LogP contribution in [-0.2, 0) is 26.1 Å². The Morgan fingerprint density at radius 1 is 0.944 bits per heavy atom. The molecule has 0 saturated carbocycles. The maximum absolute atomic E-state index is 12.7. The van der Waals surface area contributed by atoms with Crippen LogP contribution >= 0.6 is 0 Å². The minimum atomic E-state index is -1.51. The van der Waals surface area contributed by atoms with Crippen LogP contribution in [0.4, 0.5) is 0 Å². The zero-order valence-electron chi connectivity index (χ0n) is 22.4. The van der Waals surface area contributed by atoms with Gasteiger partial charge in [0.2, 0.25) is 0 Å². The molecule has 1 atom stereocenters. The number of methoxy groups -OCH3 is 4. The summed E-state index contributed by atoms with van der Waals surface area (Å²) in [5.74, 6) is 0.193. The monoisotopic (exact) mass is 498 g/mol. The summed E-state index contributed by atoms with van der Waals surface area (Å²) in [6, 6.07) is 14.4. The van der Waals surface area contributed by atoms with Crippen molar-refractivity contribution in [3.8, 4) is 17.6 Å². The standard InChI is InChI=1S/C26H32N2O6.C2H6/c1-28(15-12-19-10-11-22(31-2)23(16-19)32-3)14-7-13-26(18-27,25(30)34-5)21-9-6-8-20(17-21)24(29)33-4;1-2/h6,8-11,16-17H,7,12-15H2,1-5H3;1-2H3. The lowest BCUT2D eigenvalue weighted by Crippen LogP contribution is -2.37. The molecule has 0 heterocycles. The van der Waals surface area contributed by atoms with E-state index < -0.39 is 17.4 Å². The molecule has 8 heteroatoms. The number of nitriles is 1. The number of esters is 2. The van der Waals surface area contributed by atoms with Crippen LogP contribution in [0.15, 0.2) is 42.5 Å². The maximum Gasteiger partial charge on any atom is 0.337 e. The van der Waals surface area contributed by atoms with E-state index in [1.54, 1.807) is 32.4 Å². The second-order valence-corrected chi connectivity index (χ2v) is 7.93. The molecule has 2 rings (SSSR count). The third-order valence-corrected chi connectivity index (χ3v) is 5.82. The van der Waals surface area contributed by atoms with Crippen molar-refractivity contribution in [2.45, 2.75) is 38.5 Å². The van der Waals surface area contributed by atoms with E-state index >= 15 is 0 Å². The zero-order chi connectivity index (χ0) is 27.1. The molecule has 0 amide bonds. The summed E-state index contributed by atoms with van der Waals surface area (Å²) in [6.07, 6.45) is 1.63. The van der Waals surface area contributed by atoms with Gasteiger partial charge in [-0.2, -0.15) is 5.26 Å². The Morgan fingerprint density at radius 2 is 1.64 bits per heavy atom. The Labute approximate surface area is 214 Å². The SMILES string of the molecule is CC.COC(=O)c1cccc(C(C#N)(CCCN(C)CCc2ccc(OC)c(OC)c2)C(=O)OC)c1. The highest BCUT2D eigenvalue weighted by Crippen LogP contribution is 2.32. The van der Waals surface area contributed by atoms with Gasteiger partial charge in [-0.15, -0.1) is 0 Å². The van der Waals surface area contributed by atoms with E-state index in [9.17, 15) is 14.9 Å². The molecule has 196 valence electrons. The van der Waals surface area contributed by atoms with Crippen molar-refractivity contribution in [3.05, 3.63) is 59.2 Å². The Hall–Kier alpha value is -3.57. The Morgan fingerprint density at radius 3 is 2.22 bits per heavy atom. The molecule has 1 unspecified atom stereocenters. The van der Waals surface area contributed by atoms with Gasteiger partial charge in [0.1, 0.15) is 0 Å². The number of hydrogen-bond acceptors (Lipinski definition) is 8. The minimum absolute atomic E-state index is 0.251. The van der Waals surface area contributed by atoms with Crippen molar-refractivity contribution < 1.29 is 28.5 Å². The molecule has 0 N–H and O–H groups in total. The van der Waals surface area contributed by atoms with Crippen LogP contribution in [0.3, 0.4) is 0 Å². The van der Waals surface area contributed by atoms with Gasteiger partial charge in [0, 0.05) is 6.54 Å². The van der Waals surface area contributed by atoms with Crippen LogP contribution in [0.5, 0.6) is 11.5 Å². The number of hydrogen-bond donors (Lipinski definition) is 0. The summed E-state index contributed by atoms with van der Waals surface area (Å²) in [7, 11) is 7.74. The van der Waals surface area contributed by atoms with Crippen molar-refractivity contribution in [3.63, 3.8) is 0 Å². The lowest BCUT2D eigenvalue weighted by molar-refractivity contribution is -0.145. The van der Waals surface area contributed by atoms with E-state index in [0.29, 0.717) is 30.0 Å². The summed E-state index contributed by atoms with van der Waals surface area (Å²) < 4.78 is 20.4. The molecule has 0 saturated heterocycles. The predicted molar refractivity (Wildman–Crippen MR) is 138 cm³/mol. The normalized spacial score (nSPS) is 11.9. The van der Waals surface area contributed by atoms with Crippen LogP contribution in [0.1, 0.15) is 48.2 Å². The minimum Gasteiger partial charge on any atom is -0.493 e. The topological polar surface area (TPSA) is 98.1 Å². The molecule has 36 heavy (non-hydrogen) atoms. The molecule has 2 aromatic rings. The first-order chi connectivity index (χ1) is 17.3. The van der Waals surface area contributed by atoms with Crippen molar-refractivity contribution >= 4 is 11.9 Å². The molecular formula is C28H38N2O6. The van der Waals surface area contributed by atoms with Gasteiger partial charge in [-0.1, -0.05) is 32.0 Å². The summed E-state index contributed by atoms with van der Waals surface area (Å²) in [5, 5.41) is 10.0. The number of benzene rings is 2. The zero-order valence-corrected chi connectivity index (χ0v) is 22.4. The second-order valence-electron chi connectivity index (χ2n) is 7.93. The number of carbonyl (C=O) groups is 2. The van der Waals surface area contributed by atoms with Gasteiger partial charge in [-0.05, 0) is 68.2 Å². The van der Waals surface area contributed by atoms with E-state index in [4.69, 9.17) is 18.9 Å². The van der Waals surface area contributed by atoms with Gasteiger partial charge in [0.25, 0.3) is 0 Å². The number of ether oxygens (including phenoxy) is 4. The average Bonchev–Trinajstić information content (AvgIpc) is 2.94. The molecule has 0 bridgehead atoms. The highest BCUT2D eigenvalue weighted by atomic mass is 16.5. The largest absolute Gasteiger partial charge is 0.493 e. The average molecular weight is 499 g/mol. The number of likely N-dealkylation sites (N-methyl/N-ethyl adjacent to an activating group) is 1. The third-order valence-electron chi connectivity index (χ3n) is 5.82. The number of rotatable bonds is 12. The molecule has 8 nitrogen and oxygen atoms in total. The predicted octanol–water partition coefficient (Wildman–Crippen LogP) is 4.41. The van der Waals surface area contributed by atoms with E-state index in [0.717, 1.165) is 18.5 Å². The fourth-order valence-corrected chi connectivity index (χ4v) is 3.82. The van der Waals surface area contributed by atoms with E-state index in [1.807, 2.05) is 39.1 Å². The van der Waals surface area contributed by atoms with E-state index in [1.165, 1.54) is 20.3 Å². The fraction of sp³-hybridized carbons (Fsp3) is 0.464. The quantitative estimate of drug-likeness (QED) is 0.397. The van der Waals surface area contributed by atoms with Gasteiger partial charge in [-0.3, -0.25) is 0 Å². The lowest BCUT2D eigenvalue weighted by Gasteiger charge is -2.26. The van der Waals surface area contributed by atoms with Gasteiger partial charge in [0.15, 0.2) is 16.9 Å². The Kier molecular flexibility index (Phi) is 13.1. The lowest BCUT2D eigenvalue weighted by atomic mass is 9.77. The first-order valence-corrected chi connectivity index (χ1v) is 11.9. The van der Waals surface area contributed by atoms with Crippen LogP contribution in [0, 0.1) is 11.3 Å². The molecule has 0 aliphatic heterocycles. The smallest absolute Gasteiger partial charge is 0.337 e. The van der Waals surface area contributed by atoms with Crippen molar-refractivity contribution in [2.24, 2.45) is 0 Å². The Bertz CT molecular complexity index is 1030. The molecule has 0 spiro atoms. The molecule has 0 aromatic heterocycles. The van der Waals surface area contributed by atoms with Gasteiger partial charge < -0.3 is 23.8 Å². The third kappa shape index (κ3) is 7.72. The molecule has 2 aromatic carbocycles. The van der Waals surface area contributed by atoms with Crippen molar-refractivity contribution in [2.75, 3.05) is 48.6 Å². The number of carbonyl (C=O) groups excluding carboxylic acids is 2. The highest BCUT2D eigenvalue weighted by Gasteiger charge is 2.42. The summed E-state index contributed by atoms with van der Waals surface area (Å²) in [5.41, 5.74) is 0.293. The molecule has 0 aliphatic carbocycles. The van der Waals surface area contributed by atoms with Crippen molar-refractivity contribution in [1.29, 1.82) is 5.26 Å². The highest BCUT2D eigenvalue weighted by molar-refractivity contribution is 5.91. The molecule has 0 aliphatic rings. The van der Waals surface area contributed by atoms with Gasteiger partial charge in [-0.25, -0.2) is 9.59 Å². The van der Waals surface area contributed by atoms with E-state index in [-0.39, 0.29) is 12.0 Å². The maximum atomic E-state index is 12.7. The fourth-order valence-electron chi connectivity index (χ4n) is 3.82. The van der Waals surface area contributed by atoms with Crippen LogP contribution in [-0.4, -0.2) is 65.4 Å². The first-order valence-electron chi connectivity index (χ1n) is 11.9. The van der Waals surface area contributed by atoms with Crippen LogP contribution < -0.4 is 9.47 Å². The van der Waals surface area contributed by atoms with Crippen molar-refractivity contribution in [1.82, 2.24) is 4.90 Å². The summed E-state index contributed by atoms with van der Waals surface area (Å²) in [4.78, 5) is 26.8. The molecule has 0 fully saturated rings. The van der Waals surface area contributed by atoms with Crippen LogP contribution in [0.2, 0.25) is 0 Å². The summed E-state index contributed by atoms with van der Waals surface area (Å²) >= 11 is 0. The van der Waals surface area contributed by atoms with Gasteiger partial charge >= 0.3 is 11.9 Å². The Balaban J connectivity index is 0.00000316. The first kappa shape index (κ1) is 30.5.